The lowest BCUT2D eigenvalue weighted by Crippen LogP contribution is -2.31. The Balaban J connectivity index is 1.91. The second kappa shape index (κ2) is 6.31. The Morgan fingerprint density at radius 2 is 1.91 bits per heavy atom. The minimum absolute atomic E-state index is 0.201. The quantitative estimate of drug-likeness (QED) is 0.841. The average Bonchev–Trinajstić information content (AvgIpc) is 2.48. The molecule has 3 nitrogen and oxygen atoms in total. The van der Waals surface area contributed by atoms with Crippen LogP contribution in [0.4, 0.5) is 4.39 Å². The van der Waals surface area contributed by atoms with Crippen LogP contribution in [-0.4, -0.2) is 14.2 Å². The highest BCUT2D eigenvalue weighted by molar-refractivity contribution is 9.10. The third-order valence-electron chi connectivity index (χ3n) is 3.45. The van der Waals surface area contributed by atoms with E-state index < -0.39 is 16.1 Å². The fourth-order valence-corrected chi connectivity index (χ4v) is 5.03. The van der Waals surface area contributed by atoms with Gasteiger partial charge < -0.3 is 0 Å². The van der Waals surface area contributed by atoms with Gasteiger partial charge in [-0.3, -0.25) is 0 Å². The van der Waals surface area contributed by atoms with Crippen molar-refractivity contribution in [2.75, 3.05) is 5.75 Å². The van der Waals surface area contributed by atoms with Crippen LogP contribution in [0.2, 0.25) is 0 Å². The van der Waals surface area contributed by atoms with Gasteiger partial charge in [0.2, 0.25) is 10.0 Å². The topological polar surface area (TPSA) is 46.2 Å². The molecule has 2 aromatic rings. The molecule has 7 heteroatoms. The number of hydrogen-bond acceptors (Lipinski definition) is 3. The standard InChI is InChI=1S/C15H13BrFNO2S2/c16-10-4-6-11(7-5-10)22(19,20)18-14-8-9-21-15-12(14)2-1-3-13(15)17/h1-7,14,18H,8-9H2. The van der Waals surface area contributed by atoms with Gasteiger partial charge in [0.05, 0.1) is 4.90 Å². The van der Waals surface area contributed by atoms with Gasteiger partial charge in [-0.15, -0.1) is 11.8 Å². The van der Waals surface area contributed by atoms with E-state index in [9.17, 15) is 12.8 Å². The van der Waals surface area contributed by atoms with E-state index in [0.717, 1.165) is 4.47 Å². The predicted octanol–water partition coefficient (Wildman–Crippen LogP) is 4.10. The molecule has 1 N–H and O–H groups in total. The van der Waals surface area contributed by atoms with E-state index in [1.165, 1.54) is 30.0 Å². The SMILES string of the molecule is O=S(=O)(NC1CCSc2c(F)cccc21)c1ccc(Br)cc1. The van der Waals surface area contributed by atoms with Crippen LogP contribution < -0.4 is 4.72 Å². The molecule has 0 bridgehead atoms. The van der Waals surface area contributed by atoms with Crippen LogP contribution in [0.5, 0.6) is 0 Å². The Morgan fingerprint density at radius 3 is 2.64 bits per heavy atom. The number of thioether (sulfide) groups is 1. The molecule has 116 valence electrons. The highest BCUT2D eigenvalue weighted by Crippen LogP contribution is 2.38. The number of fused-ring (bicyclic) bond motifs is 1. The zero-order valence-electron chi connectivity index (χ0n) is 11.4. The zero-order chi connectivity index (χ0) is 15.7. The molecule has 0 fully saturated rings. The van der Waals surface area contributed by atoms with Crippen molar-refractivity contribution in [1.82, 2.24) is 4.72 Å². The molecule has 0 spiro atoms. The van der Waals surface area contributed by atoms with Crippen molar-refractivity contribution in [1.29, 1.82) is 0 Å². The monoisotopic (exact) mass is 401 g/mol. The smallest absolute Gasteiger partial charge is 0.207 e. The number of hydrogen-bond donors (Lipinski definition) is 1. The van der Waals surface area contributed by atoms with Crippen LogP contribution in [0, 0.1) is 5.82 Å². The number of halogens is 2. The maximum atomic E-state index is 13.8. The van der Waals surface area contributed by atoms with E-state index in [0.29, 0.717) is 22.6 Å². The first-order chi connectivity index (χ1) is 10.5. The predicted molar refractivity (Wildman–Crippen MR) is 88.9 cm³/mol. The summed E-state index contributed by atoms with van der Waals surface area (Å²) < 4.78 is 42.3. The molecule has 0 saturated heterocycles. The fourth-order valence-electron chi connectivity index (χ4n) is 2.38. The summed E-state index contributed by atoms with van der Waals surface area (Å²) in [4.78, 5) is 0.740. The number of nitrogens with one attached hydrogen (secondary N) is 1. The van der Waals surface area contributed by atoms with Crippen molar-refractivity contribution in [3.63, 3.8) is 0 Å². The third-order valence-corrected chi connectivity index (χ3v) is 6.62. The van der Waals surface area contributed by atoms with Gasteiger partial charge in [-0.2, -0.15) is 0 Å². The summed E-state index contributed by atoms with van der Waals surface area (Å²) in [5.74, 6) is 0.386. The zero-order valence-corrected chi connectivity index (χ0v) is 14.6. The van der Waals surface area contributed by atoms with Crippen molar-refractivity contribution in [3.05, 3.63) is 58.3 Å². The molecule has 1 aliphatic rings. The Bertz CT molecular complexity index is 794. The summed E-state index contributed by atoms with van der Waals surface area (Å²) in [6, 6.07) is 10.8. The molecule has 0 aromatic heterocycles. The minimum atomic E-state index is -3.63. The van der Waals surface area contributed by atoms with E-state index in [1.807, 2.05) is 0 Å². The highest BCUT2D eigenvalue weighted by Gasteiger charge is 2.27. The van der Waals surface area contributed by atoms with Crippen LogP contribution in [0.1, 0.15) is 18.0 Å². The van der Waals surface area contributed by atoms with Gasteiger partial charge in [-0.1, -0.05) is 28.1 Å². The summed E-state index contributed by atoms with van der Waals surface area (Å²) >= 11 is 4.71. The lowest BCUT2D eigenvalue weighted by atomic mass is 10.0. The lowest BCUT2D eigenvalue weighted by molar-refractivity contribution is 0.533. The van der Waals surface area contributed by atoms with Crippen molar-refractivity contribution >= 4 is 37.7 Å². The molecule has 0 aliphatic carbocycles. The summed E-state index contributed by atoms with van der Waals surface area (Å²) in [7, 11) is -3.63. The molecule has 22 heavy (non-hydrogen) atoms. The van der Waals surface area contributed by atoms with Gasteiger partial charge in [0.15, 0.2) is 0 Å². The Morgan fingerprint density at radius 1 is 1.18 bits per heavy atom. The van der Waals surface area contributed by atoms with E-state index >= 15 is 0 Å². The first-order valence-corrected chi connectivity index (χ1v) is 9.93. The van der Waals surface area contributed by atoms with Crippen LogP contribution >= 0.6 is 27.7 Å². The van der Waals surface area contributed by atoms with Gasteiger partial charge >= 0.3 is 0 Å². The summed E-state index contributed by atoms with van der Waals surface area (Å²) in [5, 5.41) is 0. The second-order valence-corrected chi connectivity index (χ2v) is 8.66. The normalized spacial score (nSPS) is 18.0. The highest BCUT2D eigenvalue weighted by atomic mass is 79.9. The van der Waals surface area contributed by atoms with Crippen LogP contribution in [0.15, 0.2) is 56.7 Å². The van der Waals surface area contributed by atoms with Crippen molar-refractivity contribution in [2.45, 2.75) is 22.3 Å². The molecule has 2 aromatic carbocycles. The number of benzene rings is 2. The molecule has 1 heterocycles. The Hall–Kier alpha value is -0.890. The first-order valence-electron chi connectivity index (χ1n) is 6.66. The molecule has 0 radical (unpaired) electrons. The van der Waals surface area contributed by atoms with E-state index in [2.05, 4.69) is 20.7 Å². The Labute approximate surface area is 141 Å². The molecule has 1 atom stereocenters. The van der Waals surface area contributed by atoms with Gasteiger partial charge in [0, 0.05) is 15.4 Å². The maximum absolute atomic E-state index is 13.8. The molecule has 3 rings (SSSR count). The lowest BCUT2D eigenvalue weighted by Gasteiger charge is -2.26. The molecular formula is C15H13BrFNO2S2. The summed E-state index contributed by atoms with van der Waals surface area (Å²) in [6.07, 6.45) is 0.636. The Kier molecular flexibility index (Phi) is 4.59. The van der Waals surface area contributed by atoms with Gasteiger partial charge in [0.1, 0.15) is 5.82 Å². The average molecular weight is 402 g/mol. The van der Waals surface area contributed by atoms with E-state index in [-0.39, 0.29) is 10.7 Å². The molecule has 1 unspecified atom stereocenters. The second-order valence-electron chi connectivity index (χ2n) is 4.92. The summed E-state index contributed by atoms with van der Waals surface area (Å²) in [6.45, 7) is 0. The molecule has 0 saturated carbocycles. The fraction of sp³-hybridized carbons (Fsp3) is 0.200. The van der Waals surface area contributed by atoms with Crippen LogP contribution in [-0.2, 0) is 10.0 Å². The third kappa shape index (κ3) is 3.22. The van der Waals surface area contributed by atoms with E-state index in [1.54, 1.807) is 24.3 Å². The summed E-state index contributed by atoms with van der Waals surface area (Å²) in [5.41, 5.74) is 0.705. The van der Waals surface area contributed by atoms with Crippen LogP contribution in [0.3, 0.4) is 0 Å². The molecule has 1 aliphatic heterocycles. The van der Waals surface area contributed by atoms with E-state index in [4.69, 9.17) is 0 Å². The van der Waals surface area contributed by atoms with Gasteiger partial charge in [0.25, 0.3) is 0 Å². The minimum Gasteiger partial charge on any atom is -0.207 e. The van der Waals surface area contributed by atoms with Gasteiger partial charge in [-0.05, 0) is 48.1 Å². The first kappa shape index (κ1) is 16.0. The number of rotatable bonds is 3. The molecular weight excluding hydrogens is 389 g/mol. The van der Waals surface area contributed by atoms with Crippen molar-refractivity contribution in [3.8, 4) is 0 Å². The molecule has 0 amide bonds. The van der Waals surface area contributed by atoms with Gasteiger partial charge in [-0.25, -0.2) is 17.5 Å². The number of sulfonamides is 1. The van der Waals surface area contributed by atoms with Crippen molar-refractivity contribution in [2.24, 2.45) is 0 Å². The maximum Gasteiger partial charge on any atom is 0.241 e. The van der Waals surface area contributed by atoms with Crippen LogP contribution in [0.25, 0.3) is 0 Å². The largest absolute Gasteiger partial charge is 0.241 e. The van der Waals surface area contributed by atoms with Crippen molar-refractivity contribution < 1.29 is 12.8 Å².